The highest BCUT2D eigenvalue weighted by Crippen LogP contribution is 2.38. The molecule has 3 unspecified atom stereocenters. The molecule has 0 spiro atoms. The minimum atomic E-state index is -0.885. The number of hydrogen-bond donors (Lipinski definition) is 2. The summed E-state index contributed by atoms with van der Waals surface area (Å²) in [6.07, 6.45) is 0.377. The van der Waals surface area contributed by atoms with Crippen molar-refractivity contribution in [1.82, 2.24) is 5.32 Å². The van der Waals surface area contributed by atoms with Crippen LogP contribution >= 0.6 is 0 Å². The standard InChI is InChI=1S/C12H21NO4/c1-12(2,3)9(17-4)6-13-10(14)7-5-8(7)11(15)16/h7-9H,5-6H2,1-4H3,(H,13,14)(H,15,16). The summed E-state index contributed by atoms with van der Waals surface area (Å²) in [4.78, 5) is 22.3. The minimum Gasteiger partial charge on any atom is -0.481 e. The first-order valence-electron chi connectivity index (χ1n) is 5.80. The van der Waals surface area contributed by atoms with Gasteiger partial charge in [0.1, 0.15) is 0 Å². The number of carbonyl (C=O) groups is 2. The first-order valence-corrected chi connectivity index (χ1v) is 5.80. The Kier molecular flexibility index (Phi) is 4.14. The van der Waals surface area contributed by atoms with Crippen molar-refractivity contribution < 1.29 is 19.4 Å². The number of nitrogens with one attached hydrogen (secondary N) is 1. The van der Waals surface area contributed by atoms with Gasteiger partial charge in [-0.25, -0.2) is 0 Å². The van der Waals surface area contributed by atoms with E-state index in [4.69, 9.17) is 9.84 Å². The van der Waals surface area contributed by atoms with Gasteiger partial charge in [0.05, 0.1) is 17.9 Å². The Balaban J connectivity index is 2.36. The van der Waals surface area contributed by atoms with Gasteiger partial charge in [0.15, 0.2) is 0 Å². The van der Waals surface area contributed by atoms with Crippen LogP contribution in [0.25, 0.3) is 0 Å². The summed E-state index contributed by atoms with van der Waals surface area (Å²) in [6, 6.07) is 0. The lowest BCUT2D eigenvalue weighted by Gasteiger charge is -2.29. The van der Waals surface area contributed by atoms with Gasteiger partial charge in [-0.3, -0.25) is 9.59 Å². The molecule has 5 nitrogen and oxygen atoms in total. The topological polar surface area (TPSA) is 75.6 Å². The third kappa shape index (κ3) is 3.70. The van der Waals surface area contributed by atoms with Gasteiger partial charge in [0.25, 0.3) is 0 Å². The van der Waals surface area contributed by atoms with Crippen molar-refractivity contribution in [3.05, 3.63) is 0 Å². The van der Waals surface area contributed by atoms with Gasteiger partial charge in [-0.15, -0.1) is 0 Å². The predicted octanol–water partition coefficient (Wildman–Crippen LogP) is 0.884. The number of aliphatic carboxylic acids is 1. The first-order chi connectivity index (χ1) is 7.77. The van der Waals surface area contributed by atoms with Crippen molar-refractivity contribution >= 4 is 11.9 Å². The Labute approximate surface area is 102 Å². The number of carboxylic acid groups (broad SMARTS) is 1. The molecule has 2 N–H and O–H groups in total. The molecule has 3 atom stereocenters. The van der Waals surface area contributed by atoms with E-state index in [2.05, 4.69) is 5.32 Å². The molecular formula is C12H21NO4. The molecule has 1 aliphatic rings. The molecule has 0 aromatic heterocycles. The number of hydrogen-bond acceptors (Lipinski definition) is 3. The molecule has 0 aliphatic heterocycles. The fourth-order valence-electron chi connectivity index (χ4n) is 1.83. The molecule has 1 aliphatic carbocycles. The maximum atomic E-state index is 11.6. The molecule has 1 saturated carbocycles. The zero-order chi connectivity index (χ0) is 13.2. The lowest BCUT2D eigenvalue weighted by atomic mass is 9.89. The van der Waals surface area contributed by atoms with Crippen molar-refractivity contribution in [1.29, 1.82) is 0 Å². The number of carboxylic acids is 1. The average molecular weight is 243 g/mol. The molecule has 5 heteroatoms. The van der Waals surface area contributed by atoms with Gasteiger partial charge in [-0.2, -0.15) is 0 Å². The summed E-state index contributed by atoms with van der Waals surface area (Å²) < 4.78 is 5.31. The van der Waals surface area contributed by atoms with Crippen molar-refractivity contribution in [2.45, 2.75) is 33.3 Å². The van der Waals surface area contributed by atoms with E-state index in [1.54, 1.807) is 7.11 Å². The Morgan fingerprint density at radius 2 is 2.00 bits per heavy atom. The van der Waals surface area contributed by atoms with Crippen LogP contribution in [0, 0.1) is 17.3 Å². The second-order valence-corrected chi connectivity index (χ2v) is 5.62. The summed E-state index contributed by atoms with van der Waals surface area (Å²) in [7, 11) is 1.61. The molecule has 0 heterocycles. The Bertz CT molecular complexity index is 308. The van der Waals surface area contributed by atoms with Crippen molar-refractivity contribution in [3.8, 4) is 0 Å². The molecule has 0 radical (unpaired) electrons. The third-order valence-corrected chi connectivity index (χ3v) is 3.16. The van der Waals surface area contributed by atoms with Gasteiger partial charge in [0.2, 0.25) is 5.91 Å². The first kappa shape index (κ1) is 14.0. The maximum Gasteiger partial charge on any atom is 0.307 e. The van der Waals surface area contributed by atoms with E-state index in [0.717, 1.165) is 0 Å². The van der Waals surface area contributed by atoms with Crippen LogP contribution in [0.3, 0.4) is 0 Å². The third-order valence-electron chi connectivity index (χ3n) is 3.16. The lowest BCUT2D eigenvalue weighted by molar-refractivity contribution is -0.140. The van der Waals surface area contributed by atoms with Crippen molar-refractivity contribution in [2.24, 2.45) is 17.3 Å². The summed E-state index contributed by atoms with van der Waals surface area (Å²) >= 11 is 0. The Morgan fingerprint density at radius 1 is 1.41 bits per heavy atom. The van der Waals surface area contributed by atoms with Gasteiger partial charge in [-0.1, -0.05) is 20.8 Å². The molecule has 17 heavy (non-hydrogen) atoms. The number of rotatable bonds is 5. The Morgan fingerprint density at radius 3 is 2.35 bits per heavy atom. The van der Waals surface area contributed by atoms with Crippen LogP contribution in [0.15, 0.2) is 0 Å². The predicted molar refractivity (Wildman–Crippen MR) is 62.5 cm³/mol. The summed E-state index contributed by atoms with van der Waals surface area (Å²) in [6.45, 7) is 6.52. The summed E-state index contributed by atoms with van der Waals surface area (Å²) in [5.41, 5.74) is -0.0578. The van der Waals surface area contributed by atoms with Crippen LogP contribution in [0.2, 0.25) is 0 Å². The minimum absolute atomic E-state index is 0.0578. The normalized spacial score (nSPS) is 25.2. The molecule has 0 aromatic rings. The van der Waals surface area contributed by atoms with Crippen LogP contribution in [-0.4, -0.2) is 36.7 Å². The van der Waals surface area contributed by atoms with Crippen LogP contribution in [-0.2, 0) is 14.3 Å². The zero-order valence-corrected chi connectivity index (χ0v) is 10.8. The molecular weight excluding hydrogens is 222 g/mol. The largest absolute Gasteiger partial charge is 0.481 e. The van der Waals surface area contributed by atoms with Crippen LogP contribution in [0.4, 0.5) is 0 Å². The quantitative estimate of drug-likeness (QED) is 0.751. The maximum absolute atomic E-state index is 11.6. The van der Waals surface area contributed by atoms with Gasteiger partial charge < -0.3 is 15.2 Å². The highest BCUT2D eigenvalue weighted by molar-refractivity contribution is 5.89. The summed E-state index contributed by atoms with van der Waals surface area (Å²) in [5, 5.41) is 11.5. The second kappa shape index (κ2) is 5.04. The molecule has 0 aromatic carbocycles. The van der Waals surface area contributed by atoms with Crippen molar-refractivity contribution in [3.63, 3.8) is 0 Å². The number of ether oxygens (including phenoxy) is 1. The molecule has 1 rings (SSSR count). The van der Waals surface area contributed by atoms with Crippen molar-refractivity contribution in [2.75, 3.05) is 13.7 Å². The monoisotopic (exact) mass is 243 g/mol. The highest BCUT2D eigenvalue weighted by Gasteiger charge is 2.48. The Hall–Kier alpha value is -1.10. The SMILES string of the molecule is COC(CNC(=O)C1CC1C(=O)O)C(C)(C)C. The smallest absolute Gasteiger partial charge is 0.307 e. The van der Waals surface area contributed by atoms with Crippen LogP contribution < -0.4 is 5.32 Å². The molecule has 0 saturated heterocycles. The summed E-state index contributed by atoms with van der Waals surface area (Å²) in [5.74, 6) is -1.91. The number of carbonyl (C=O) groups excluding carboxylic acids is 1. The fourth-order valence-corrected chi connectivity index (χ4v) is 1.83. The lowest BCUT2D eigenvalue weighted by Crippen LogP contribution is -2.41. The molecule has 1 fully saturated rings. The van der Waals surface area contributed by atoms with Crippen LogP contribution in [0.5, 0.6) is 0 Å². The van der Waals surface area contributed by atoms with E-state index in [0.29, 0.717) is 13.0 Å². The molecule has 1 amide bonds. The molecule has 0 bridgehead atoms. The van der Waals surface area contributed by atoms with E-state index in [1.165, 1.54) is 0 Å². The number of amides is 1. The number of methoxy groups -OCH3 is 1. The van der Waals surface area contributed by atoms with Gasteiger partial charge in [0, 0.05) is 13.7 Å². The van der Waals surface area contributed by atoms with E-state index in [9.17, 15) is 9.59 Å². The second-order valence-electron chi connectivity index (χ2n) is 5.62. The zero-order valence-electron chi connectivity index (χ0n) is 10.8. The molecule has 98 valence electrons. The van der Waals surface area contributed by atoms with Gasteiger partial charge >= 0.3 is 5.97 Å². The van der Waals surface area contributed by atoms with Crippen LogP contribution in [0.1, 0.15) is 27.2 Å². The highest BCUT2D eigenvalue weighted by atomic mass is 16.5. The van der Waals surface area contributed by atoms with E-state index >= 15 is 0 Å². The fraction of sp³-hybridized carbons (Fsp3) is 0.833. The average Bonchev–Trinajstić information content (AvgIpc) is 2.95. The van der Waals surface area contributed by atoms with E-state index in [-0.39, 0.29) is 23.3 Å². The van der Waals surface area contributed by atoms with E-state index < -0.39 is 11.9 Å². The van der Waals surface area contributed by atoms with Gasteiger partial charge in [-0.05, 0) is 11.8 Å². The van der Waals surface area contributed by atoms with E-state index in [1.807, 2.05) is 20.8 Å².